The van der Waals surface area contributed by atoms with E-state index in [0.29, 0.717) is 53.4 Å². The van der Waals surface area contributed by atoms with Crippen molar-refractivity contribution >= 4 is 86.4 Å². The number of hydrogen-bond acceptors (Lipinski definition) is 6. The van der Waals surface area contributed by atoms with Gasteiger partial charge in [0.1, 0.15) is 28.6 Å². The number of amidine groups is 1. The quantitative estimate of drug-likeness (QED) is 0.0475. The van der Waals surface area contributed by atoms with E-state index in [2.05, 4.69) is 31.2 Å². The number of rotatable bonds is 15. The molecule has 8 N–H and O–H groups in total. The van der Waals surface area contributed by atoms with Crippen LogP contribution in [0.3, 0.4) is 0 Å². The highest BCUT2D eigenvalue weighted by atomic mass is 35.5. The molecule has 4 amide bonds. The lowest BCUT2D eigenvalue weighted by atomic mass is 10.2. The molecule has 15 nitrogen and oxygen atoms in total. The van der Waals surface area contributed by atoms with Gasteiger partial charge in [0.05, 0.1) is 17.2 Å². The molecule has 0 fully saturated rings. The Hall–Kier alpha value is -5.67. The van der Waals surface area contributed by atoms with Crippen molar-refractivity contribution in [2.24, 2.45) is 26.9 Å². The number of amides is 4. The fourth-order valence-corrected chi connectivity index (χ4v) is 5.98. The van der Waals surface area contributed by atoms with Gasteiger partial charge in [-0.25, -0.2) is 0 Å². The molecule has 0 unspecified atom stereocenters. The van der Waals surface area contributed by atoms with Crippen molar-refractivity contribution in [1.29, 1.82) is 5.41 Å². The number of aryl methyl sites for hydroxylation is 2. The number of nitrogens with two attached hydrogens (primary N) is 1. The van der Waals surface area contributed by atoms with Crippen molar-refractivity contribution in [3.8, 4) is 0 Å². The first-order valence-electron chi connectivity index (χ1n) is 15.9. The first kappa shape index (κ1) is 36.6. The standard InChI is InChI=1S/C34H39Cl2N11O4/c1-44-18-21(40-31(48)25-15-20-14-23(4-5-24(20)42-25)47(12-9-35)13-10-36)16-27(44)33(50)41-22-17-28(45(2)19-22)34(51)43-30-7-6-26(46(30)3)32(49)39-11-8-29(37)38/h4-7,14-19,42H,8-13H2,1-3H3,(H3,37,38)(H,39,49)(H,40,48)(H,41,50)(H,43,51). The molecule has 0 aliphatic heterocycles. The average Bonchev–Trinajstić information content (AvgIpc) is 3.86. The number of H-pyrrole nitrogens is 1. The van der Waals surface area contributed by atoms with E-state index in [4.69, 9.17) is 34.3 Å². The van der Waals surface area contributed by atoms with Crippen LogP contribution in [-0.2, 0) is 21.1 Å². The maximum Gasteiger partial charge on any atom is 0.273 e. The van der Waals surface area contributed by atoms with Gasteiger partial charge in [-0.3, -0.25) is 24.6 Å². The van der Waals surface area contributed by atoms with E-state index in [0.717, 1.165) is 16.6 Å². The van der Waals surface area contributed by atoms with Crippen molar-refractivity contribution < 1.29 is 19.2 Å². The van der Waals surface area contributed by atoms with Crippen LogP contribution in [0.15, 0.2) is 60.9 Å². The van der Waals surface area contributed by atoms with Gasteiger partial charge in [0, 0.05) is 87.9 Å². The molecule has 0 bridgehead atoms. The minimum atomic E-state index is -0.456. The zero-order valence-corrected chi connectivity index (χ0v) is 29.8. The number of fused-ring (bicyclic) bond motifs is 1. The molecule has 5 aromatic rings. The average molecular weight is 737 g/mol. The van der Waals surface area contributed by atoms with Gasteiger partial charge in [0.25, 0.3) is 23.6 Å². The number of hydrogen-bond donors (Lipinski definition) is 7. The maximum absolute atomic E-state index is 13.3. The van der Waals surface area contributed by atoms with Crippen molar-refractivity contribution in [2.75, 3.05) is 52.2 Å². The van der Waals surface area contributed by atoms with Gasteiger partial charge in [0.15, 0.2) is 0 Å². The Labute approximate surface area is 303 Å². The highest BCUT2D eigenvalue weighted by Gasteiger charge is 2.20. The van der Waals surface area contributed by atoms with Crippen LogP contribution in [0.5, 0.6) is 0 Å². The Morgan fingerprint density at radius 1 is 0.784 bits per heavy atom. The summed E-state index contributed by atoms with van der Waals surface area (Å²) in [5.41, 5.74) is 9.09. The van der Waals surface area contributed by atoms with E-state index in [9.17, 15) is 19.2 Å². The third-order valence-corrected chi connectivity index (χ3v) is 8.53. The lowest BCUT2D eigenvalue weighted by molar-refractivity contribution is 0.0943. The zero-order valence-electron chi connectivity index (χ0n) is 28.3. The molecule has 4 heterocycles. The Balaban J connectivity index is 1.21. The largest absolute Gasteiger partial charge is 0.388 e. The molecule has 0 aliphatic rings. The fourth-order valence-electron chi connectivity index (χ4n) is 5.57. The summed E-state index contributed by atoms with van der Waals surface area (Å²) in [5.74, 6) is -0.373. The minimum Gasteiger partial charge on any atom is -0.388 e. The number of carbonyl (C=O) groups excluding carboxylic acids is 4. The highest BCUT2D eigenvalue weighted by molar-refractivity contribution is 6.18. The number of anilines is 4. The molecular weight excluding hydrogens is 697 g/mol. The summed E-state index contributed by atoms with van der Waals surface area (Å²) in [6.45, 7) is 1.51. The second-order valence-corrected chi connectivity index (χ2v) is 12.6. The lowest BCUT2D eigenvalue weighted by Gasteiger charge is -2.22. The van der Waals surface area contributed by atoms with E-state index >= 15 is 0 Å². The molecule has 51 heavy (non-hydrogen) atoms. The van der Waals surface area contributed by atoms with Gasteiger partial charge in [0.2, 0.25) is 0 Å². The molecule has 0 saturated carbocycles. The lowest BCUT2D eigenvalue weighted by Crippen LogP contribution is -2.29. The summed E-state index contributed by atoms with van der Waals surface area (Å²) in [6.07, 6.45) is 3.46. The molecule has 1 aromatic carbocycles. The number of aromatic amines is 1. The summed E-state index contributed by atoms with van der Waals surface area (Å²) >= 11 is 11.9. The van der Waals surface area contributed by atoms with Crippen molar-refractivity contribution in [1.82, 2.24) is 24.0 Å². The van der Waals surface area contributed by atoms with Crippen LogP contribution in [0.4, 0.5) is 22.9 Å². The smallest absolute Gasteiger partial charge is 0.273 e. The molecule has 0 spiro atoms. The number of nitrogens with one attached hydrogen (secondary N) is 6. The summed E-state index contributed by atoms with van der Waals surface area (Å²) in [6, 6.07) is 13.9. The molecular formula is C34H39Cl2N11O4. The van der Waals surface area contributed by atoms with Crippen LogP contribution >= 0.6 is 23.2 Å². The second-order valence-electron chi connectivity index (χ2n) is 11.8. The monoisotopic (exact) mass is 735 g/mol. The number of aromatic nitrogens is 4. The SMILES string of the molecule is Cn1cc(NC(=O)c2cc3cc(N(CCCl)CCCl)ccc3[nH]2)cc1C(=O)Nc1cc(C(=O)Nc2ccc(C(=O)NCCC(=N)N)n2C)n(C)c1. The normalized spacial score (nSPS) is 11.0. The topological polar surface area (TPSA) is 200 Å². The number of benzene rings is 1. The van der Waals surface area contributed by atoms with E-state index in [-0.39, 0.29) is 42.0 Å². The number of halogens is 2. The molecule has 0 radical (unpaired) electrons. The van der Waals surface area contributed by atoms with Gasteiger partial charge in [-0.05, 0) is 48.5 Å². The predicted molar refractivity (Wildman–Crippen MR) is 201 cm³/mol. The molecule has 0 saturated heterocycles. The van der Waals surface area contributed by atoms with Gasteiger partial charge in [-0.2, -0.15) is 0 Å². The summed E-state index contributed by atoms with van der Waals surface area (Å²) in [7, 11) is 4.99. The molecule has 5 rings (SSSR count). The third kappa shape index (κ3) is 8.56. The molecule has 4 aromatic heterocycles. The highest BCUT2D eigenvalue weighted by Crippen LogP contribution is 2.25. The number of alkyl halides is 2. The van der Waals surface area contributed by atoms with Crippen LogP contribution in [0.25, 0.3) is 10.9 Å². The molecule has 0 aliphatic carbocycles. The Morgan fingerprint density at radius 3 is 2.00 bits per heavy atom. The molecule has 268 valence electrons. The van der Waals surface area contributed by atoms with Gasteiger partial charge < -0.3 is 50.6 Å². The number of carbonyl (C=O) groups is 4. The van der Waals surface area contributed by atoms with Crippen LogP contribution < -0.4 is 31.9 Å². The number of nitrogens with zero attached hydrogens (tertiary/aromatic N) is 4. The zero-order chi connectivity index (χ0) is 36.8. The first-order valence-corrected chi connectivity index (χ1v) is 17.0. The Kier molecular flexibility index (Phi) is 11.4. The predicted octanol–water partition coefficient (Wildman–Crippen LogP) is 4.28. The first-order chi connectivity index (χ1) is 24.4. The Morgan fingerprint density at radius 2 is 1.39 bits per heavy atom. The second kappa shape index (κ2) is 15.9. The van der Waals surface area contributed by atoms with Crippen molar-refractivity contribution in [3.05, 3.63) is 83.7 Å². The van der Waals surface area contributed by atoms with Crippen LogP contribution in [0.2, 0.25) is 0 Å². The van der Waals surface area contributed by atoms with Crippen LogP contribution in [0, 0.1) is 5.41 Å². The summed E-state index contributed by atoms with van der Waals surface area (Å²) in [4.78, 5) is 57.3. The summed E-state index contributed by atoms with van der Waals surface area (Å²) in [5, 5.41) is 19.2. The maximum atomic E-state index is 13.3. The van der Waals surface area contributed by atoms with E-state index in [1.807, 2.05) is 18.2 Å². The van der Waals surface area contributed by atoms with Crippen LogP contribution in [0.1, 0.15) is 48.4 Å². The van der Waals surface area contributed by atoms with Gasteiger partial charge in [-0.15, -0.1) is 23.2 Å². The van der Waals surface area contributed by atoms with E-state index in [1.54, 1.807) is 66.9 Å². The van der Waals surface area contributed by atoms with Crippen LogP contribution in [-0.4, -0.2) is 79.5 Å². The van der Waals surface area contributed by atoms with E-state index < -0.39 is 11.8 Å². The summed E-state index contributed by atoms with van der Waals surface area (Å²) < 4.78 is 4.69. The van der Waals surface area contributed by atoms with E-state index in [1.165, 1.54) is 10.6 Å². The van der Waals surface area contributed by atoms with Crippen molar-refractivity contribution in [3.63, 3.8) is 0 Å². The minimum absolute atomic E-state index is 0.0304. The Bertz CT molecular complexity index is 2100. The third-order valence-electron chi connectivity index (χ3n) is 8.19. The molecule has 0 atom stereocenters. The molecule has 17 heteroatoms. The van der Waals surface area contributed by atoms with Gasteiger partial charge >= 0.3 is 0 Å². The fraction of sp³-hybridized carbons (Fsp3) is 0.265. The van der Waals surface area contributed by atoms with Gasteiger partial charge in [-0.1, -0.05) is 0 Å². The van der Waals surface area contributed by atoms with Crippen molar-refractivity contribution in [2.45, 2.75) is 6.42 Å².